The molecule has 0 aliphatic heterocycles. The number of nitrogens with zero attached hydrogens (tertiary/aromatic N) is 3. The highest BCUT2D eigenvalue weighted by molar-refractivity contribution is 9.10. The minimum atomic E-state index is -0.454. The maximum Gasteiger partial charge on any atom is 0.324 e. The first-order chi connectivity index (χ1) is 13.5. The van der Waals surface area contributed by atoms with Gasteiger partial charge in [-0.05, 0) is 37.3 Å². The van der Waals surface area contributed by atoms with Gasteiger partial charge < -0.3 is 9.30 Å². The van der Waals surface area contributed by atoms with E-state index >= 15 is 0 Å². The highest BCUT2D eigenvalue weighted by Crippen LogP contribution is 2.25. The smallest absolute Gasteiger partial charge is 0.324 e. The molecule has 1 aromatic carbocycles. The zero-order valence-corrected chi connectivity index (χ0v) is 18.1. The molecule has 10 heteroatoms. The number of benzene rings is 1. The molecule has 0 aliphatic carbocycles. The second-order valence-electron chi connectivity index (χ2n) is 5.56. The molecule has 146 valence electrons. The van der Waals surface area contributed by atoms with E-state index in [-0.39, 0.29) is 5.00 Å². The molecule has 0 saturated carbocycles. The molecule has 0 saturated heterocycles. The minimum absolute atomic E-state index is 0.0351. The molecule has 7 nitrogen and oxygen atoms in total. The number of fused-ring (bicyclic) bond motifs is 1. The van der Waals surface area contributed by atoms with Crippen LogP contribution in [0, 0.1) is 10.1 Å². The number of amides is 1. The number of carbonyl (C=O) groups excluding carboxylic acids is 1. The van der Waals surface area contributed by atoms with Gasteiger partial charge in [0.1, 0.15) is 0 Å². The van der Waals surface area contributed by atoms with Crippen LogP contribution < -0.4 is 4.80 Å². The maximum atomic E-state index is 12.3. The Morgan fingerprint density at radius 3 is 2.89 bits per heavy atom. The Morgan fingerprint density at radius 1 is 1.36 bits per heavy atom. The van der Waals surface area contributed by atoms with Gasteiger partial charge in [-0.3, -0.25) is 14.9 Å². The molecule has 28 heavy (non-hydrogen) atoms. The van der Waals surface area contributed by atoms with Gasteiger partial charge in [-0.15, -0.1) is 0 Å². The highest BCUT2D eigenvalue weighted by Gasteiger charge is 2.09. The van der Waals surface area contributed by atoms with Gasteiger partial charge in [0.2, 0.25) is 0 Å². The summed E-state index contributed by atoms with van der Waals surface area (Å²) in [6.07, 6.45) is 2.86. The molecular weight excluding hydrogens is 466 g/mol. The summed E-state index contributed by atoms with van der Waals surface area (Å²) in [5.41, 5.74) is 0.984. The summed E-state index contributed by atoms with van der Waals surface area (Å²) in [6, 6.07) is 8.93. The fourth-order valence-electron chi connectivity index (χ4n) is 2.46. The van der Waals surface area contributed by atoms with Crippen molar-refractivity contribution in [1.29, 1.82) is 0 Å². The monoisotopic (exact) mass is 481 g/mol. The van der Waals surface area contributed by atoms with Crippen molar-refractivity contribution in [2.45, 2.75) is 13.5 Å². The fraction of sp³-hybridized carbons (Fsp3) is 0.222. The van der Waals surface area contributed by atoms with Crippen LogP contribution in [-0.2, 0) is 16.1 Å². The van der Waals surface area contributed by atoms with Crippen molar-refractivity contribution < 1.29 is 14.5 Å². The summed E-state index contributed by atoms with van der Waals surface area (Å²) >= 11 is 5.89. The van der Waals surface area contributed by atoms with Crippen LogP contribution >= 0.6 is 38.6 Å². The fourth-order valence-corrected chi connectivity index (χ4v) is 4.80. The van der Waals surface area contributed by atoms with Crippen LogP contribution in [0.1, 0.15) is 11.8 Å². The van der Waals surface area contributed by atoms with Crippen LogP contribution in [0.15, 0.2) is 45.9 Å². The molecule has 1 amide bonds. The number of nitro groups is 1. The summed E-state index contributed by atoms with van der Waals surface area (Å²) in [6.45, 7) is 3.66. The lowest BCUT2D eigenvalue weighted by Crippen LogP contribution is -2.19. The van der Waals surface area contributed by atoms with Gasteiger partial charge in [-0.25, -0.2) is 0 Å². The Balaban J connectivity index is 1.90. The number of rotatable bonds is 7. The molecule has 2 heterocycles. The van der Waals surface area contributed by atoms with Crippen LogP contribution in [0.4, 0.5) is 5.00 Å². The molecule has 0 unspecified atom stereocenters. The predicted molar refractivity (Wildman–Crippen MR) is 115 cm³/mol. The zero-order valence-electron chi connectivity index (χ0n) is 14.8. The summed E-state index contributed by atoms with van der Waals surface area (Å²) in [5, 5.41) is 10.8. The van der Waals surface area contributed by atoms with Gasteiger partial charge in [0.15, 0.2) is 4.80 Å². The number of carbonyl (C=O) groups is 1. The number of halogens is 1. The number of ether oxygens (including phenoxy) is 1. The van der Waals surface area contributed by atoms with E-state index in [1.807, 2.05) is 29.7 Å². The Kier molecular flexibility index (Phi) is 6.89. The minimum Gasteiger partial charge on any atom is -0.380 e. The lowest BCUT2D eigenvalue weighted by Gasteiger charge is -2.05. The SMILES string of the molecule is CCOCCn1c(=NC(=O)C=Cc2ccc([N+](=O)[O-])s2)sc2cc(Br)ccc21. The van der Waals surface area contributed by atoms with E-state index in [1.54, 1.807) is 6.07 Å². The average Bonchev–Trinajstić information content (AvgIpc) is 3.25. The Morgan fingerprint density at radius 2 is 2.18 bits per heavy atom. The van der Waals surface area contributed by atoms with Gasteiger partial charge in [-0.2, -0.15) is 4.99 Å². The van der Waals surface area contributed by atoms with Gasteiger partial charge in [0, 0.05) is 34.6 Å². The van der Waals surface area contributed by atoms with Crippen molar-refractivity contribution in [2.24, 2.45) is 4.99 Å². The Bertz CT molecular complexity index is 1110. The van der Waals surface area contributed by atoms with Crippen LogP contribution in [0.2, 0.25) is 0 Å². The predicted octanol–water partition coefficient (Wildman–Crippen LogP) is 4.61. The number of hydrogen-bond donors (Lipinski definition) is 0. The molecule has 3 aromatic rings. The number of hydrogen-bond acceptors (Lipinski definition) is 6. The topological polar surface area (TPSA) is 86.7 Å². The molecule has 0 spiro atoms. The second-order valence-corrected chi connectivity index (χ2v) is 8.58. The van der Waals surface area contributed by atoms with E-state index in [0.29, 0.717) is 29.4 Å². The summed E-state index contributed by atoms with van der Waals surface area (Å²) in [5.74, 6) is -0.424. The lowest BCUT2D eigenvalue weighted by molar-refractivity contribution is -0.380. The molecule has 0 atom stereocenters. The quantitative estimate of drug-likeness (QED) is 0.213. The van der Waals surface area contributed by atoms with Crippen molar-refractivity contribution in [3.8, 4) is 0 Å². The van der Waals surface area contributed by atoms with Crippen LogP contribution in [0.25, 0.3) is 16.3 Å². The van der Waals surface area contributed by atoms with Gasteiger partial charge in [-0.1, -0.05) is 38.6 Å². The van der Waals surface area contributed by atoms with Crippen LogP contribution in [0.5, 0.6) is 0 Å². The van der Waals surface area contributed by atoms with E-state index in [2.05, 4.69) is 20.9 Å². The first-order valence-electron chi connectivity index (χ1n) is 8.35. The highest BCUT2D eigenvalue weighted by atomic mass is 79.9. The molecule has 0 N–H and O–H groups in total. The van der Waals surface area contributed by atoms with Crippen molar-refractivity contribution in [3.05, 3.63) is 60.7 Å². The average molecular weight is 482 g/mol. The van der Waals surface area contributed by atoms with Crippen LogP contribution in [0.3, 0.4) is 0 Å². The molecule has 3 rings (SSSR count). The van der Waals surface area contributed by atoms with Gasteiger partial charge in [0.25, 0.3) is 5.91 Å². The van der Waals surface area contributed by atoms with Gasteiger partial charge in [0.05, 0.1) is 21.7 Å². The molecule has 0 fully saturated rings. The first kappa shape index (κ1) is 20.6. The standard InChI is InChI=1S/C18H16BrN3O4S2/c1-2-26-10-9-21-14-6-3-12(19)11-15(14)28-18(21)20-16(23)7-4-13-5-8-17(27-13)22(24)25/h3-8,11H,2,9-10H2,1H3. The van der Waals surface area contributed by atoms with Crippen molar-refractivity contribution >= 4 is 65.8 Å². The zero-order chi connectivity index (χ0) is 20.1. The van der Waals surface area contributed by atoms with E-state index in [4.69, 9.17) is 4.74 Å². The van der Waals surface area contributed by atoms with E-state index in [1.165, 1.54) is 29.6 Å². The van der Waals surface area contributed by atoms with E-state index < -0.39 is 10.8 Å². The van der Waals surface area contributed by atoms with E-state index in [0.717, 1.165) is 26.0 Å². The third-order valence-electron chi connectivity index (χ3n) is 3.70. The van der Waals surface area contributed by atoms with Crippen LogP contribution in [-0.4, -0.2) is 28.6 Å². The largest absolute Gasteiger partial charge is 0.380 e. The lowest BCUT2D eigenvalue weighted by atomic mass is 10.3. The summed E-state index contributed by atoms with van der Waals surface area (Å²) in [7, 11) is 0. The number of thiazole rings is 1. The van der Waals surface area contributed by atoms with Gasteiger partial charge >= 0.3 is 5.00 Å². The second kappa shape index (κ2) is 9.37. The van der Waals surface area contributed by atoms with E-state index in [9.17, 15) is 14.9 Å². The first-order valence-corrected chi connectivity index (χ1v) is 10.8. The molecule has 0 aliphatic rings. The van der Waals surface area contributed by atoms with Crippen molar-refractivity contribution in [2.75, 3.05) is 13.2 Å². The van der Waals surface area contributed by atoms with Crippen molar-refractivity contribution in [1.82, 2.24) is 4.57 Å². The molecule has 2 aromatic heterocycles. The van der Waals surface area contributed by atoms with Crippen molar-refractivity contribution in [3.63, 3.8) is 0 Å². The summed E-state index contributed by atoms with van der Waals surface area (Å²) < 4.78 is 9.37. The Hall–Kier alpha value is -2.14. The Labute approximate surface area is 176 Å². The number of aromatic nitrogens is 1. The number of thiophene rings is 1. The maximum absolute atomic E-state index is 12.3. The third-order valence-corrected chi connectivity index (χ3v) is 6.23. The normalized spacial score (nSPS) is 12.3. The molecule has 0 radical (unpaired) electrons. The summed E-state index contributed by atoms with van der Waals surface area (Å²) in [4.78, 5) is 28.0. The molecule has 0 bridgehead atoms. The molecular formula is C18H16BrN3O4S2. The third kappa shape index (κ3) is 5.02.